The van der Waals surface area contributed by atoms with E-state index in [0.29, 0.717) is 10.2 Å². The summed E-state index contributed by atoms with van der Waals surface area (Å²) in [5.74, 6) is -1.54. The van der Waals surface area contributed by atoms with Crippen molar-refractivity contribution >= 4 is 15.9 Å². The Kier molecular flexibility index (Phi) is 4.55. The van der Waals surface area contributed by atoms with Gasteiger partial charge in [0.2, 0.25) is 0 Å². The van der Waals surface area contributed by atoms with Crippen LogP contribution >= 0.6 is 15.9 Å². The number of halogens is 3. The first-order valence-electron chi connectivity index (χ1n) is 6.25. The normalized spacial score (nSPS) is 12.9. The van der Waals surface area contributed by atoms with E-state index in [2.05, 4.69) is 21.0 Å². The van der Waals surface area contributed by atoms with Gasteiger partial charge in [0, 0.05) is 23.1 Å². The largest absolute Gasteiger partial charge is 0.388 e. The molecule has 0 radical (unpaired) electrons. The third-order valence-electron chi connectivity index (χ3n) is 2.97. The van der Waals surface area contributed by atoms with E-state index >= 15 is 0 Å². The number of rotatable bonds is 4. The van der Waals surface area contributed by atoms with E-state index in [1.54, 1.807) is 16.9 Å². The molecule has 0 fully saturated rings. The molecular weight excluding hydrogens is 330 g/mol. The molecule has 1 aromatic carbocycles. The van der Waals surface area contributed by atoms with E-state index in [1.165, 1.54) is 0 Å². The molecule has 2 aromatic rings. The molecule has 0 saturated heterocycles. The van der Waals surface area contributed by atoms with Crippen LogP contribution in [0.5, 0.6) is 0 Å². The second-order valence-electron chi connectivity index (χ2n) is 4.88. The van der Waals surface area contributed by atoms with E-state index in [-0.39, 0.29) is 18.0 Å². The van der Waals surface area contributed by atoms with Gasteiger partial charge in [-0.15, -0.1) is 0 Å². The lowest BCUT2D eigenvalue weighted by molar-refractivity contribution is 0.167. The van der Waals surface area contributed by atoms with Gasteiger partial charge in [-0.25, -0.2) is 8.78 Å². The van der Waals surface area contributed by atoms with Gasteiger partial charge in [-0.05, 0) is 32.0 Å². The zero-order chi connectivity index (χ0) is 14.9. The van der Waals surface area contributed by atoms with Crippen molar-refractivity contribution in [3.05, 3.63) is 51.8 Å². The molecule has 108 valence electrons. The maximum Gasteiger partial charge on any atom is 0.133 e. The molecule has 1 heterocycles. The first-order valence-corrected chi connectivity index (χ1v) is 7.04. The molecule has 20 heavy (non-hydrogen) atoms. The number of aliphatic hydroxyl groups is 1. The molecule has 1 N–H and O–H groups in total. The van der Waals surface area contributed by atoms with Crippen LogP contribution in [0.1, 0.15) is 37.3 Å². The highest BCUT2D eigenvalue weighted by molar-refractivity contribution is 9.10. The maximum absolute atomic E-state index is 13.7. The van der Waals surface area contributed by atoms with Gasteiger partial charge in [0.1, 0.15) is 11.6 Å². The quantitative estimate of drug-likeness (QED) is 0.916. The van der Waals surface area contributed by atoms with E-state index < -0.39 is 17.7 Å². The van der Waals surface area contributed by atoms with E-state index in [0.717, 1.165) is 12.1 Å². The highest BCUT2D eigenvalue weighted by atomic mass is 79.9. The summed E-state index contributed by atoms with van der Waals surface area (Å²) in [4.78, 5) is 0. The molecular formula is C14H15BrF2N2O. The molecule has 0 aliphatic carbocycles. The van der Waals surface area contributed by atoms with Crippen LogP contribution in [-0.2, 0) is 6.42 Å². The summed E-state index contributed by atoms with van der Waals surface area (Å²) in [5, 5.41) is 14.3. The molecule has 2 rings (SSSR count). The minimum absolute atomic E-state index is 0.0647. The number of benzene rings is 1. The van der Waals surface area contributed by atoms with Crippen molar-refractivity contribution in [3.63, 3.8) is 0 Å². The zero-order valence-electron chi connectivity index (χ0n) is 11.1. The van der Waals surface area contributed by atoms with Crippen LogP contribution in [0.4, 0.5) is 8.78 Å². The lowest BCUT2D eigenvalue weighted by atomic mass is 10.0. The van der Waals surface area contributed by atoms with Gasteiger partial charge in [0.25, 0.3) is 0 Å². The van der Waals surface area contributed by atoms with Crippen LogP contribution in [0, 0.1) is 11.6 Å². The first-order chi connectivity index (χ1) is 9.38. The number of hydrogen-bond acceptors (Lipinski definition) is 2. The van der Waals surface area contributed by atoms with Crippen molar-refractivity contribution in [3.8, 4) is 0 Å². The summed E-state index contributed by atoms with van der Waals surface area (Å²) in [7, 11) is 0. The fraction of sp³-hybridized carbons (Fsp3) is 0.357. The van der Waals surface area contributed by atoms with Crippen molar-refractivity contribution in [1.82, 2.24) is 9.78 Å². The number of aliphatic hydroxyl groups excluding tert-OH is 1. The predicted molar refractivity (Wildman–Crippen MR) is 75.3 cm³/mol. The molecule has 0 aliphatic rings. The molecule has 0 saturated carbocycles. The second-order valence-corrected chi connectivity index (χ2v) is 5.80. The predicted octanol–water partition coefficient (Wildman–Crippen LogP) is 3.78. The lowest BCUT2D eigenvalue weighted by Crippen LogP contribution is -2.09. The van der Waals surface area contributed by atoms with E-state index in [1.807, 2.05) is 13.8 Å². The lowest BCUT2D eigenvalue weighted by Gasteiger charge is -2.12. The third kappa shape index (κ3) is 3.24. The van der Waals surface area contributed by atoms with Gasteiger partial charge >= 0.3 is 0 Å². The van der Waals surface area contributed by atoms with Crippen LogP contribution in [0.15, 0.2) is 28.9 Å². The fourth-order valence-corrected chi connectivity index (χ4v) is 2.35. The monoisotopic (exact) mass is 344 g/mol. The summed E-state index contributed by atoms with van der Waals surface area (Å²) in [6, 6.07) is 4.20. The topological polar surface area (TPSA) is 38.0 Å². The van der Waals surface area contributed by atoms with Crippen molar-refractivity contribution in [2.45, 2.75) is 32.4 Å². The van der Waals surface area contributed by atoms with Crippen molar-refractivity contribution in [1.29, 1.82) is 0 Å². The van der Waals surface area contributed by atoms with E-state index in [9.17, 15) is 13.9 Å². The van der Waals surface area contributed by atoms with Gasteiger partial charge in [0.15, 0.2) is 0 Å². The summed E-state index contributed by atoms with van der Waals surface area (Å²) in [6.45, 7) is 3.95. The number of aromatic nitrogens is 2. The molecule has 1 unspecified atom stereocenters. The fourth-order valence-electron chi connectivity index (χ4n) is 1.95. The van der Waals surface area contributed by atoms with Crippen molar-refractivity contribution in [2.24, 2.45) is 0 Å². The average Bonchev–Trinajstić information content (AvgIpc) is 2.75. The number of hydrogen-bond donors (Lipinski definition) is 1. The Morgan fingerprint density at radius 2 is 1.90 bits per heavy atom. The van der Waals surface area contributed by atoms with Gasteiger partial charge in [-0.1, -0.05) is 15.9 Å². The van der Waals surface area contributed by atoms with Crippen LogP contribution in [-0.4, -0.2) is 14.9 Å². The van der Waals surface area contributed by atoms with Gasteiger partial charge in [0.05, 0.1) is 17.4 Å². The summed E-state index contributed by atoms with van der Waals surface area (Å²) >= 11 is 3.01. The molecule has 0 bridgehead atoms. The Labute approximate surface area is 124 Å². The molecule has 3 nitrogen and oxygen atoms in total. The molecule has 6 heteroatoms. The molecule has 0 spiro atoms. The molecule has 0 amide bonds. The van der Waals surface area contributed by atoms with Crippen LogP contribution in [0.25, 0.3) is 0 Å². The van der Waals surface area contributed by atoms with Gasteiger partial charge < -0.3 is 5.11 Å². The van der Waals surface area contributed by atoms with Crippen molar-refractivity contribution in [2.75, 3.05) is 0 Å². The summed E-state index contributed by atoms with van der Waals surface area (Å²) < 4.78 is 29.5. The minimum Gasteiger partial charge on any atom is -0.388 e. The maximum atomic E-state index is 13.7. The number of nitrogens with zero attached hydrogens (tertiary/aromatic N) is 2. The summed E-state index contributed by atoms with van der Waals surface area (Å²) in [5.41, 5.74) is 0.264. The zero-order valence-corrected chi connectivity index (χ0v) is 12.7. The Morgan fingerprint density at radius 1 is 1.30 bits per heavy atom. The highest BCUT2D eigenvalue weighted by Gasteiger charge is 2.20. The van der Waals surface area contributed by atoms with Crippen LogP contribution in [0.2, 0.25) is 0 Å². The van der Waals surface area contributed by atoms with Crippen LogP contribution < -0.4 is 0 Å². The Hall–Kier alpha value is -1.27. The smallest absolute Gasteiger partial charge is 0.133 e. The van der Waals surface area contributed by atoms with Crippen LogP contribution in [0.3, 0.4) is 0 Å². The standard InChI is InChI=1S/C14H15BrF2N2O/c1-8(2)19-4-3-10(18-19)7-13(20)14-11(16)5-9(15)6-12(14)17/h3-6,8,13,20H,7H2,1-2H3. The minimum atomic E-state index is -1.27. The SMILES string of the molecule is CC(C)n1ccc(CC(O)c2c(F)cc(Br)cc2F)n1. The van der Waals surface area contributed by atoms with Gasteiger partial charge in [-0.2, -0.15) is 5.10 Å². The van der Waals surface area contributed by atoms with E-state index in [4.69, 9.17) is 0 Å². The first kappa shape index (κ1) is 15.1. The van der Waals surface area contributed by atoms with Crippen molar-refractivity contribution < 1.29 is 13.9 Å². The summed E-state index contributed by atoms with van der Waals surface area (Å²) in [6.07, 6.45) is 0.578. The molecule has 1 atom stereocenters. The Bertz CT molecular complexity index is 590. The average molecular weight is 345 g/mol. The third-order valence-corrected chi connectivity index (χ3v) is 3.43. The highest BCUT2D eigenvalue weighted by Crippen LogP contribution is 2.26. The second kappa shape index (κ2) is 6.01. The Balaban J connectivity index is 2.21. The molecule has 0 aliphatic heterocycles. The van der Waals surface area contributed by atoms with Gasteiger partial charge in [-0.3, -0.25) is 4.68 Å². The Morgan fingerprint density at radius 3 is 2.40 bits per heavy atom. The molecule has 1 aromatic heterocycles.